The standard InChI is InChI=1S/C24H31N5O5S/c1-16-6-8-17(9-7-16)23(33)29(11-12-34-2)14-21(31)28-24-26-18(15-35-24)13-20(30)27-19-5-3-4-10-25-22(19)32/h6-9,15,19H,3-5,10-14H2,1-2H3,(H,25,32)(H,27,30)(H,26,28,31). The zero-order chi connectivity index (χ0) is 25.2. The summed E-state index contributed by atoms with van der Waals surface area (Å²) < 4.78 is 5.09. The number of hydrogen-bond donors (Lipinski definition) is 3. The average Bonchev–Trinajstić information content (AvgIpc) is 3.16. The number of anilines is 1. The second-order valence-corrected chi connectivity index (χ2v) is 9.22. The normalized spacial score (nSPS) is 15.6. The first-order valence-corrected chi connectivity index (χ1v) is 12.4. The van der Waals surface area contributed by atoms with Crippen molar-refractivity contribution >= 4 is 40.1 Å². The maximum absolute atomic E-state index is 12.9. The molecule has 1 aliphatic rings. The van der Waals surface area contributed by atoms with Gasteiger partial charge in [-0.1, -0.05) is 17.7 Å². The third kappa shape index (κ3) is 8.15. The van der Waals surface area contributed by atoms with E-state index in [4.69, 9.17) is 4.74 Å². The van der Waals surface area contributed by atoms with Crippen molar-refractivity contribution in [2.75, 3.05) is 38.7 Å². The lowest BCUT2D eigenvalue weighted by Gasteiger charge is -2.21. The van der Waals surface area contributed by atoms with E-state index in [-0.39, 0.29) is 37.2 Å². The van der Waals surface area contributed by atoms with Crippen LogP contribution in [0.5, 0.6) is 0 Å². The van der Waals surface area contributed by atoms with Crippen LogP contribution in [-0.2, 0) is 25.5 Å². The van der Waals surface area contributed by atoms with Crippen LogP contribution in [0.3, 0.4) is 0 Å². The summed E-state index contributed by atoms with van der Waals surface area (Å²) >= 11 is 1.19. The fourth-order valence-corrected chi connectivity index (χ4v) is 4.32. The quantitative estimate of drug-likeness (QED) is 0.453. The number of aromatic nitrogens is 1. The molecule has 2 aromatic rings. The van der Waals surface area contributed by atoms with Crippen molar-refractivity contribution in [2.24, 2.45) is 0 Å². The van der Waals surface area contributed by atoms with Crippen LogP contribution in [0.15, 0.2) is 29.6 Å². The number of carbonyl (C=O) groups is 4. The van der Waals surface area contributed by atoms with Gasteiger partial charge in [-0.2, -0.15) is 0 Å². The summed E-state index contributed by atoms with van der Waals surface area (Å²) in [6.07, 6.45) is 2.37. The van der Waals surface area contributed by atoms with Gasteiger partial charge in [-0.15, -0.1) is 11.3 Å². The molecule has 2 heterocycles. The first-order chi connectivity index (χ1) is 16.9. The highest BCUT2D eigenvalue weighted by Gasteiger charge is 2.23. The molecule has 0 spiro atoms. The first-order valence-electron chi connectivity index (χ1n) is 11.5. The maximum atomic E-state index is 12.9. The molecule has 3 N–H and O–H groups in total. The number of thiazole rings is 1. The highest BCUT2D eigenvalue weighted by molar-refractivity contribution is 7.13. The van der Waals surface area contributed by atoms with E-state index in [2.05, 4.69) is 20.9 Å². The largest absolute Gasteiger partial charge is 0.383 e. The zero-order valence-electron chi connectivity index (χ0n) is 20.0. The second kappa shape index (κ2) is 13.0. The molecule has 0 aliphatic carbocycles. The summed E-state index contributed by atoms with van der Waals surface area (Å²) in [5.41, 5.74) is 2.02. The number of ether oxygens (including phenoxy) is 1. The molecule has 35 heavy (non-hydrogen) atoms. The number of nitrogens with one attached hydrogen (secondary N) is 3. The van der Waals surface area contributed by atoms with Gasteiger partial charge in [0.05, 0.1) is 18.7 Å². The van der Waals surface area contributed by atoms with Gasteiger partial charge in [0, 0.05) is 31.1 Å². The van der Waals surface area contributed by atoms with E-state index >= 15 is 0 Å². The minimum Gasteiger partial charge on any atom is -0.383 e. The molecule has 10 nitrogen and oxygen atoms in total. The Labute approximate surface area is 208 Å². The van der Waals surface area contributed by atoms with Gasteiger partial charge in [0.25, 0.3) is 5.91 Å². The fourth-order valence-electron chi connectivity index (χ4n) is 3.60. The minimum atomic E-state index is -0.535. The van der Waals surface area contributed by atoms with Crippen LogP contribution in [0.1, 0.15) is 40.9 Å². The SMILES string of the molecule is COCCN(CC(=O)Nc1nc(CC(=O)NC2CCCCNC2=O)cs1)C(=O)c1ccc(C)cc1. The first kappa shape index (κ1) is 26.3. The Morgan fingerprint density at radius 2 is 1.97 bits per heavy atom. The van der Waals surface area contributed by atoms with E-state index in [1.807, 2.05) is 19.1 Å². The lowest BCUT2D eigenvalue weighted by Crippen LogP contribution is -2.46. The lowest BCUT2D eigenvalue weighted by molar-refractivity contribution is -0.128. The molecule has 188 valence electrons. The summed E-state index contributed by atoms with van der Waals surface area (Å²) in [7, 11) is 1.53. The monoisotopic (exact) mass is 501 g/mol. The molecule has 1 unspecified atom stereocenters. The average molecular weight is 502 g/mol. The molecule has 0 radical (unpaired) electrons. The van der Waals surface area contributed by atoms with Gasteiger partial charge in [0.15, 0.2) is 5.13 Å². The van der Waals surface area contributed by atoms with E-state index in [0.29, 0.717) is 36.0 Å². The third-order valence-corrected chi connectivity index (χ3v) is 6.30. The third-order valence-electron chi connectivity index (χ3n) is 5.50. The van der Waals surface area contributed by atoms with Crippen molar-refractivity contribution in [3.8, 4) is 0 Å². The van der Waals surface area contributed by atoms with Crippen molar-refractivity contribution in [3.05, 3.63) is 46.5 Å². The van der Waals surface area contributed by atoms with Gasteiger partial charge in [0.2, 0.25) is 17.7 Å². The second-order valence-electron chi connectivity index (χ2n) is 8.36. The highest BCUT2D eigenvalue weighted by atomic mass is 32.1. The van der Waals surface area contributed by atoms with Crippen molar-refractivity contribution in [2.45, 2.75) is 38.6 Å². The van der Waals surface area contributed by atoms with Gasteiger partial charge in [-0.3, -0.25) is 19.2 Å². The number of rotatable bonds is 10. The summed E-state index contributed by atoms with van der Waals surface area (Å²) in [5, 5.41) is 10.3. The predicted molar refractivity (Wildman–Crippen MR) is 132 cm³/mol. The number of nitrogens with zero attached hydrogens (tertiary/aromatic N) is 2. The van der Waals surface area contributed by atoms with Crippen molar-refractivity contribution in [1.82, 2.24) is 20.5 Å². The Kier molecular flexibility index (Phi) is 9.74. The number of amides is 4. The Morgan fingerprint density at radius 3 is 2.71 bits per heavy atom. The van der Waals surface area contributed by atoms with Crippen LogP contribution in [0, 0.1) is 6.92 Å². The molecule has 3 rings (SSSR count). The van der Waals surface area contributed by atoms with Crippen molar-refractivity contribution < 1.29 is 23.9 Å². The van der Waals surface area contributed by atoms with Crippen molar-refractivity contribution in [1.29, 1.82) is 0 Å². The number of hydrogen-bond acceptors (Lipinski definition) is 7. The summed E-state index contributed by atoms with van der Waals surface area (Å²) in [6.45, 7) is 2.95. The van der Waals surface area contributed by atoms with Crippen LogP contribution in [0.4, 0.5) is 5.13 Å². The van der Waals surface area contributed by atoms with Gasteiger partial charge in [-0.05, 0) is 38.3 Å². The molecule has 4 amide bonds. The Balaban J connectivity index is 1.54. The van der Waals surface area contributed by atoms with E-state index in [0.717, 1.165) is 18.4 Å². The van der Waals surface area contributed by atoms with Crippen LogP contribution in [-0.4, -0.2) is 72.9 Å². The van der Waals surface area contributed by atoms with Crippen LogP contribution >= 0.6 is 11.3 Å². The fraction of sp³-hybridized carbons (Fsp3) is 0.458. The molecule has 1 aromatic carbocycles. The summed E-state index contributed by atoms with van der Waals surface area (Å²) in [6, 6.07) is 6.61. The Hall–Kier alpha value is -3.31. The Bertz CT molecular complexity index is 1040. The smallest absolute Gasteiger partial charge is 0.254 e. The number of aryl methyl sites for hydroxylation is 1. The molecular formula is C24H31N5O5S. The predicted octanol–water partition coefficient (Wildman–Crippen LogP) is 1.51. The van der Waals surface area contributed by atoms with E-state index in [9.17, 15) is 19.2 Å². The molecule has 1 aliphatic heterocycles. The van der Waals surface area contributed by atoms with Crippen LogP contribution < -0.4 is 16.0 Å². The summed E-state index contributed by atoms with van der Waals surface area (Å²) in [5.74, 6) is -1.14. The molecule has 0 bridgehead atoms. The van der Waals surface area contributed by atoms with Crippen LogP contribution in [0.2, 0.25) is 0 Å². The van der Waals surface area contributed by atoms with Crippen LogP contribution in [0.25, 0.3) is 0 Å². The molecule has 1 aromatic heterocycles. The lowest BCUT2D eigenvalue weighted by atomic mass is 10.1. The van der Waals surface area contributed by atoms with Gasteiger partial charge in [0.1, 0.15) is 12.6 Å². The number of benzene rings is 1. The maximum Gasteiger partial charge on any atom is 0.254 e. The van der Waals surface area contributed by atoms with E-state index in [1.54, 1.807) is 17.5 Å². The number of methoxy groups -OCH3 is 1. The molecule has 11 heteroatoms. The highest BCUT2D eigenvalue weighted by Crippen LogP contribution is 2.16. The Morgan fingerprint density at radius 1 is 1.20 bits per heavy atom. The molecular weight excluding hydrogens is 470 g/mol. The van der Waals surface area contributed by atoms with Gasteiger partial charge in [-0.25, -0.2) is 4.98 Å². The van der Waals surface area contributed by atoms with Crippen molar-refractivity contribution in [3.63, 3.8) is 0 Å². The minimum absolute atomic E-state index is 0.00201. The topological polar surface area (TPSA) is 130 Å². The van der Waals surface area contributed by atoms with E-state index < -0.39 is 11.9 Å². The number of carbonyl (C=O) groups excluding carboxylic acids is 4. The molecule has 1 fully saturated rings. The zero-order valence-corrected chi connectivity index (χ0v) is 20.8. The van der Waals surface area contributed by atoms with Gasteiger partial charge < -0.3 is 25.6 Å². The van der Waals surface area contributed by atoms with E-state index in [1.165, 1.54) is 23.3 Å². The molecule has 1 atom stereocenters. The van der Waals surface area contributed by atoms with Gasteiger partial charge >= 0.3 is 0 Å². The summed E-state index contributed by atoms with van der Waals surface area (Å²) in [4.78, 5) is 55.6. The molecule has 1 saturated heterocycles. The molecule has 0 saturated carbocycles.